The number of amides is 1. The molecule has 0 spiro atoms. The molecule has 2 N–H and O–H groups in total. The number of carbonyl (C=O) groups excluding carboxylic acids is 1. The van der Waals surface area contributed by atoms with Crippen molar-refractivity contribution in [3.8, 4) is 0 Å². The molecule has 0 atom stereocenters. The van der Waals surface area contributed by atoms with Crippen LogP contribution in [0, 0.1) is 11.7 Å². The van der Waals surface area contributed by atoms with Gasteiger partial charge in [-0.2, -0.15) is 4.98 Å². The highest BCUT2D eigenvalue weighted by molar-refractivity contribution is 5.94. The molecular weight excluding hydrogens is 393 g/mol. The summed E-state index contributed by atoms with van der Waals surface area (Å²) in [6.07, 6.45) is 4.06. The number of anilines is 2. The second kappa shape index (κ2) is 9.29. The fourth-order valence-electron chi connectivity index (χ4n) is 4.10. The third-order valence-electron chi connectivity index (χ3n) is 5.84. The van der Waals surface area contributed by atoms with E-state index in [4.69, 9.17) is 9.97 Å². The Kier molecular flexibility index (Phi) is 6.30. The summed E-state index contributed by atoms with van der Waals surface area (Å²) >= 11 is 0. The number of carbonyl (C=O) groups is 1. The Bertz CT molecular complexity index is 1050. The smallest absolute Gasteiger partial charge is 0.251 e. The van der Waals surface area contributed by atoms with Gasteiger partial charge in [-0.3, -0.25) is 4.79 Å². The fourth-order valence-corrected chi connectivity index (χ4v) is 4.10. The van der Waals surface area contributed by atoms with E-state index in [-0.39, 0.29) is 11.7 Å². The Labute approximate surface area is 181 Å². The molecule has 6 nitrogen and oxygen atoms in total. The van der Waals surface area contributed by atoms with Gasteiger partial charge in [-0.25, -0.2) is 9.37 Å². The van der Waals surface area contributed by atoms with Crippen molar-refractivity contribution in [1.29, 1.82) is 0 Å². The topological polar surface area (TPSA) is 70.2 Å². The quantitative estimate of drug-likeness (QED) is 0.623. The van der Waals surface area contributed by atoms with Crippen LogP contribution >= 0.6 is 0 Å². The molecular formula is C24H28FN5O. The number of nitrogens with one attached hydrogen (secondary N) is 2. The molecule has 31 heavy (non-hydrogen) atoms. The molecule has 1 saturated carbocycles. The summed E-state index contributed by atoms with van der Waals surface area (Å²) in [6.45, 7) is 0.639. The molecule has 0 radical (unpaired) electrons. The van der Waals surface area contributed by atoms with E-state index < -0.39 is 0 Å². The van der Waals surface area contributed by atoms with Crippen LogP contribution in [0.3, 0.4) is 0 Å². The van der Waals surface area contributed by atoms with Gasteiger partial charge in [0.25, 0.3) is 5.91 Å². The van der Waals surface area contributed by atoms with Crippen LogP contribution in [0.5, 0.6) is 0 Å². The standard InChI is InChI=1S/C24H28FN5O/c1-30(2)22-20-5-3-4-6-21(20)28-24(29-22)27-19-13-7-16(8-14-19)15-26-23(31)17-9-11-18(25)12-10-17/h3-6,9-12,16,19H,7-8,13-15H2,1-2H3,(H,26,31)(H,27,28,29)/t16-,19+. The highest BCUT2D eigenvalue weighted by Crippen LogP contribution is 2.28. The Morgan fingerprint density at radius 3 is 2.45 bits per heavy atom. The van der Waals surface area contributed by atoms with Crippen LogP contribution in [0.4, 0.5) is 16.2 Å². The van der Waals surface area contributed by atoms with Crippen molar-refractivity contribution < 1.29 is 9.18 Å². The Morgan fingerprint density at radius 2 is 1.74 bits per heavy atom. The number of nitrogens with zero attached hydrogens (tertiary/aromatic N) is 3. The molecule has 1 amide bonds. The predicted molar refractivity (Wildman–Crippen MR) is 122 cm³/mol. The third-order valence-corrected chi connectivity index (χ3v) is 5.84. The molecule has 1 aliphatic carbocycles. The molecule has 2 aromatic carbocycles. The molecule has 7 heteroatoms. The van der Waals surface area contributed by atoms with Crippen LogP contribution in [-0.4, -0.2) is 42.6 Å². The molecule has 3 aromatic rings. The molecule has 1 aliphatic rings. The molecule has 4 rings (SSSR count). The van der Waals surface area contributed by atoms with Crippen molar-refractivity contribution in [2.75, 3.05) is 30.9 Å². The van der Waals surface area contributed by atoms with Gasteiger partial charge in [-0.1, -0.05) is 12.1 Å². The van der Waals surface area contributed by atoms with E-state index in [0.717, 1.165) is 42.4 Å². The van der Waals surface area contributed by atoms with Gasteiger partial charge in [0.05, 0.1) is 5.52 Å². The molecule has 1 fully saturated rings. The van der Waals surface area contributed by atoms with Crippen molar-refractivity contribution in [3.05, 3.63) is 59.9 Å². The predicted octanol–water partition coefficient (Wildman–Crippen LogP) is 4.24. The average molecular weight is 422 g/mol. The van der Waals surface area contributed by atoms with Gasteiger partial charge in [0.15, 0.2) is 0 Å². The van der Waals surface area contributed by atoms with E-state index in [0.29, 0.717) is 30.0 Å². The van der Waals surface area contributed by atoms with E-state index in [2.05, 4.69) is 10.6 Å². The summed E-state index contributed by atoms with van der Waals surface area (Å²) in [7, 11) is 3.98. The normalized spacial score (nSPS) is 18.5. The summed E-state index contributed by atoms with van der Waals surface area (Å²) in [6, 6.07) is 14.0. The lowest BCUT2D eigenvalue weighted by Gasteiger charge is -2.29. The Morgan fingerprint density at radius 1 is 1.03 bits per heavy atom. The molecule has 162 valence electrons. The SMILES string of the molecule is CN(C)c1nc(N[C@H]2CC[C@@H](CNC(=O)c3ccc(F)cc3)CC2)nc2ccccc12. The zero-order valence-electron chi connectivity index (χ0n) is 17.9. The van der Waals surface area contributed by atoms with Crippen molar-refractivity contribution >= 4 is 28.6 Å². The largest absolute Gasteiger partial charge is 0.362 e. The molecule has 1 aromatic heterocycles. The van der Waals surface area contributed by atoms with Gasteiger partial charge in [0.1, 0.15) is 11.6 Å². The summed E-state index contributed by atoms with van der Waals surface area (Å²) in [5, 5.41) is 7.53. The fraction of sp³-hybridized carbons (Fsp3) is 0.375. The number of rotatable bonds is 6. The number of fused-ring (bicyclic) bond motifs is 1. The zero-order chi connectivity index (χ0) is 21.8. The summed E-state index contributed by atoms with van der Waals surface area (Å²) in [4.78, 5) is 23.7. The van der Waals surface area contributed by atoms with Crippen LogP contribution in [0.15, 0.2) is 48.5 Å². The van der Waals surface area contributed by atoms with E-state index in [1.807, 2.05) is 43.3 Å². The van der Waals surface area contributed by atoms with E-state index >= 15 is 0 Å². The van der Waals surface area contributed by atoms with Crippen LogP contribution in [-0.2, 0) is 0 Å². The van der Waals surface area contributed by atoms with E-state index in [9.17, 15) is 9.18 Å². The van der Waals surface area contributed by atoms with Crippen molar-refractivity contribution in [1.82, 2.24) is 15.3 Å². The van der Waals surface area contributed by atoms with Crippen molar-refractivity contribution in [2.45, 2.75) is 31.7 Å². The first-order valence-corrected chi connectivity index (χ1v) is 10.7. The molecule has 0 saturated heterocycles. The van der Waals surface area contributed by atoms with Gasteiger partial charge in [-0.05, 0) is 68.0 Å². The Hall–Kier alpha value is -3.22. The first-order valence-electron chi connectivity index (χ1n) is 10.7. The minimum Gasteiger partial charge on any atom is -0.362 e. The first-order chi connectivity index (χ1) is 15.0. The van der Waals surface area contributed by atoms with Crippen molar-refractivity contribution in [2.24, 2.45) is 5.92 Å². The lowest BCUT2D eigenvalue weighted by molar-refractivity contribution is 0.0943. The number of para-hydroxylation sites is 1. The maximum absolute atomic E-state index is 13.0. The highest BCUT2D eigenvalue weighted by atomic mass is 19.1. The number of hydrogen-bond donors (Lipinski definition) is 2. The number of halogens is 1. The monoisotopic (exact) mass is 421 g/mol. The molecule has 0 unspecified atom stereocenters. The van der Waals surface area contributed by atoms with Crippen LogP contribution < -0.4 is 15.5 Å². The molecule has 0 bridgehead atoms. The lowest BCUT2D eigenvalue weighted by Crippen LogP contribution is -2.34. The third kappa shape index (κ3) is 5.10. The second-order valence-corrected chi connectivity index (χ2v) is 8.36. The van der Waals surface area contributed by atoms with E-state index in [1.54, 1.807) is 0 Å². The average Bonchev–Trinajstić information content (AvgIpc) is 2.78. The maximum atomic E-state index is 13.0. The van der Waals surface area contributed by atoms with Gasteiger partial charge < -0.3 is 15.5 Å². The molecule has 0 aliphatic heterocycles. The van der Waals surface area contributed by atoms with Gasteiger partial charge >= 0.3 is 0 Å². The summed E-state index contributed by atoms with van der Waals surface area (Å²) in [5.74, 6) is 1.52. The summed E-state index contributed by atoms with van der Waals surface area (Å²) in [5.41, 5.74) is 1.42. The van der Waals surface area contributed by atoms with Crippen molar-refractivity contribution in [3.63, 3.8) is 0 Å². The van der Waals surface area contributed by atoms with Crippen LogP contribution in [0.2, 0.25) is 0 Å². The highest BCUT2D eigenvalue weighted by Gasteiger charge is 2.23. The molecule has 1 heterocycles. The summed E-state index contributed by atoms with van der Waals surface area (Å²) < 4.78 is 13.0. The minimum atomic E-state index is -0.338. The maximum Gasteiger partial charge on any atom is 0.251 e. The van der Waals surface area contributed by atoms with Gasteiger partial charge in [-0.15, -0.1) is 0 Å². The van der Waals surface area contributed by atoms with Crippen LogP contribution in [0.25, 0.3) is 10.9 Å². The number of benzene rings is 2. The first kappa shape index (κ1) is 21.0. The van der Waals surface area contributed by atoms with E-state index in [1.165, 1.54) is 24.3 Å². The Balaban J connectivity index is 1.31. The lowest BCUT2D eigenvalue weighted by atomic mass is 9.86. The number of aromatic nitrogens is 2. The number of hydrogen-bond acceptors (Lipinski definition) is 5. The van der Waals surface area contributed by atoms with Gasteiger partial charge in [0.2, 0.25) is 5.95 Å². The van der Waals surface area contributed by atoms with Gasteiger partial charge in [0, 0.05) is 37.6 Å². The van der Waals surface area contributed by atoms with Crippen LogP contribution in [0.1, 0.15) is 36.0 Å². The minimum absolute atomic E-state index is 0.152. The zero-order valence-corrected chi connectivity index (χ0v) is 17.9. The second-order valence-electron chi connectivity index (χ2n) is 8.36.